The van der Waals surface area contributed by atoms with Crippen LogP contribution in [0.15, 0.2) is 60.7 Å². The van der Waals surface area contributed by atoms with Crippen molar-refractivity contribution in [2.45, 2.75) is 51.4 Å². The number of carbonyl (C=O) groups excluding carboxylic acids is 1. The molecule has 1 saturated heterocycles. The molecule has 0 bridgehead atoms. The fourth-order valence-corrected chi connectivity index (χ4v) is 4.70. The number of aromatic nitrogens is 2. The third kappa shape index (κ3) is 5.74. The molecule has 0 atom stereocenters. The molecule has 2 aromatic carbocycles. The first-order valence-corrected chi connectivity index (χ1v) is 12.5. The first-order chi connectivity index (χ1) is 17.1. The van der Waals surface area contributed by atoms with Gasteiger partial charge in [0.05, 0.1) is 24.6 Å². The van der Waals surface area contributed by atoms with E-state index in [1.54, 1.807) is 0 Å². The van der Waals surface area contributed by atoms with Crippen molar-refractivity contribution in [1.29, 1.82) is 0 Å². The van der Waals surface area contributed by atoms with Crippen molar-refractivity contribution in [2.24, 2.45) is 5.41 Å². The number of rotatable bonds is 6. The van der Waals surface area contributed by atoms with E-state index in [-0.39, 0.29) is 18.7 Å². The van der Waals surface area contributed by atoms with Gasteiger partial charge in [0.15, 0.2) is 5.82 Å². The number of H-pyrrole nitrogens is 1. The molecule has 0 spiro atoms. The van der Waals surface area contributed by atoms with Gasteiger partial charge in [0.25, 0.3) is 0 Å². The lowest BCUT2D eigenvalue weighted by molar-refractivity contribution is -0.239. The molecule has 5 rings (SSSR count). The molecule has 2 heterocycles. The summed E-state index contributed by atoms with van der Waals surface area (Å²) in [5, 5.41) is 2.99. The Morgan fingerprint density at radius 1 is 1.00 bits per heavy atom. The summed E-state index contributed by atoms with van der Waals surface area (Å²) in [6, 6.07) is 20.4. The number of amides is 1. The second-order valence-corrected chi connectivity index (χ2v) is 9.90. The fourth-order valence-electron chi connectivity index (χ4n) is 4.70. The normalized spacial score (nSPS) is 23.1. The van der Waals surface area contributed by atoms with Crippen molar-refractivity contribution in [1.82, 2.24) is 15.3 Å². The molecule has 2 N–H and O–H groups in total. The zero-order valence-corrected chi connectivity index (χ0v) is 20.2. The first kappa shape index (κ1) is 23.6. The molecule has 3 aromatic rings. The zero-order chi connectivity index (χ0) is 24.1. The number of nitrogens with zero attached hydrogens (tertiary/aromatic N) is 1. The Labute approximate surface area is 206 Å². The monoisotopic (exact) mass is 475 g/mol. The van der Waals surface area contributed by atoms with Crippen molar-refractivity contribution in [3.8, 4) is 22.5 Å². The molecule has 7 heteroatoms. The van der Waals surface area contributed by atoms with Crippen LogP contribution >= 0.6 is 0 Å². The van der Waals surface area contributed by atoms with Crippen molar-refractivity contribution in [2.75, 3.05) is 19.8 Å². The van der Waals surface area contributed by atoms with Crippen LogP contribution in [0.5, 0.6) is 0 Å². The smallest absolute Gasteiger partial charge is 0.407 e. The number of hydrogen-bond donors (Lipinski definition) is 2. The Hall–Kier alpha value is -3.16. The van der Waals surface area contributed by atoms with Crippen LogP contribution in [-0.2, 0) is 14.2 Å². The number of nitrogens with one attached hydrogen (secondary N) is 2. The molecular weight excluding hydrogens is 442 g/mol. The lowest BCUT2D eigenvalue weighted by Crippen LogP contribution is -2.43. The highest BCUT2D eigenvalue weighted by Crippen LogP contribution is 2.35. The van der Waals surface area contributed by atoms with E-state index in [4.69, 9.17) is 19.2 Å². The largest absolute Gasteiger partial charge is 0.449 e. The summed E-state index contributed by atoms with van der Waals surface area (Å²) in [6.45, 7) is 3.04. The van der Waals surface area contributed by atoms with E-state index in [0.29, 0.717) is 19.0 Å². The Morgan fingerprint density at radius 2 is 1.63 bits per heavy atom. The number of hydrogen-bond acceptors (Lipinski definition) is 5. The van der Waals surface area contributed by atoms with Crippen LogP contribution in [0.2, 0.25) is 0 Å². The van der Waals surface area contributed by atoms with Gasteiger partial charge in [0.1, 0.15) is 6.61 Å². The van der Waals surface area contributed by atoms with Gasteiger partial charge in [-0.15, -0.1) is 0 Å². The highest BCUT2D eigenvalue weighted by molar-refractivity contribution is 5.78. The van der Waals surface area contributed by atoms with E-state index in [1.807, 2.05) is 55.5 Å². The lowest BCUT2D eigenvalue weighted by Gasteiger charge is -2.36. The van der Waals surface area contributed by atoms with Crippen molar-refractivity contribution in [3.05, 3.63) is 66.5 Å². The van der Waals surface area contributed by atoms with Crippen LogP contribution in [-0.4, -0.2) is 41.9 Å². The maximum atomic E-state index is 12.3. The molecule has 1 saturated carbocycles. The second-order valence-electron chi connectivity index (χ2n) is 9.90. The number of alkyl carbamates (subject to hydrolysis) is 1. The zero-order valence-electron chi connectivity index (χ0n) is 20.2. The molecule has 184 valence electrons. The van der Waals surface area contributed by atoms with E-state index < -0.39 is 11.7 Å². The summed E-state index contributed by atoms with van der Waals surface area (Å²) in [5.74, 6) is 0.626. The average Bonchev–Trinajstić information content (AvgIpc) is 3.35. The highest BCUT2D eigenvalue weighted by Gasteiger charge is 2.36. The van der Waals surface area contributed by atoms with Gasteiger partial charge in [-0.1, -0.05) is 86.8 Å². The summed E-state index contributed by atoms with van der Waals surface area (Å²) in [6.07, 6.45) is 4.66. The van der Waals surface area contributed by atoms with E-state index in [9.17, 15) is 4.79 Å². The number of ether oxygens (including phenoxy) is 3. The molecular formula is C28H33N3O4. The van der Waals surface area contributed by atoms with E-state index in [1.165, 1.54) is 6.42 Å². The predicted octanol–water partition coefficient (Wildman–Crippen LogP) is 5.85. The lowest BCUT2D eigenvalue weighted by atomic mass is 9.93. The minimum Gasteiger partial charge on any atom is -0.449 e. The molecule has 2 aliphatic rings. The summed E-state index contributed by atoms with van der Waals surface area (Å²) < 4.78 is 17.7. The van der Waals surface area contributed by atoms with Gasteiger partial charge in [-0.25, -0.2) is 9.78 Å². The van der Waals surface area contributed by atoms with Gasteiger partial charge in [0.2, 0.25) is 6.29 Å². The topological polar surface area (TPSA) is 85.5 Å². The maximum absolute atomic E-state index is 12.3. The summed E-state index contributed by atoms with van der Waals surface area (Å²) >= 11 is 0. The third-order valence-corrected chi connectivity index (χ3v) is 6.70. The van der Waals surface area contributed by atoms with Gasteiger partial charge >= 0.3 is 6.09 Å². The van der Waals surface area contributed by atoms with Crippen molar-refractivity contribution in [3.63, 3.8) is 0 Å². The van der Waals surface area contributed by atoms with Crippen LogP contribution in [0, 0.1) is 5.41 Å². The standard InChI is InChI=1S/C28H33N3O4/c1-28(19-35-27(32)29-22-15-9-4-10-16-22)17-33-26(34-18-28)25-30-23(20-11-5-2-6-12-20)24(31-25)21-13-7-3-8-14-21/h2-3,5-8,11-14,22,26H,4,9-10,15-19H2,1H3,(H,29,32)(H,30,31)/t26-,28+. The number of carbonyl (C=O) groups is 1. The van der Waals surface area contributed by atoms with E-state index >= 15 is 0 Å². The highest BCUT2D eigenvalue weighted by atomic mass is 16.7. The molecule has 0 radical (unpaired) electrons. The summed E-state index contributed by atoms with van der Waals surface area (Å²) in [4.78, 5) is 20.6. The third-order valence-electron chi connectivity index (χ3n) is 6.70. The quantitative estimate of drug-likeness (QED) is 0.467. The second kappa shape index (κ2) is 10.6. The molecule has 7 nitrogen and oxygen atoms in total. The van der Waals surface area contributed by atoms with E-state index in [2.05, 4.69) is 22.4 Å². The Morgan fingerprint density at radius 3 is 2.29 bits per heavy atom. The molecule has 1 amide bonds. The Bertz CT molecular complexity index is 1040. The first-order valence-electron chi connectivity index (χ1n) is 12.5. The van der Waals surface area contributed by atoms with Gasteiger partial charge in [-0.3, -0.25) is 0 Å². The molecule has 1 aromatic heterocycles. The minimum absolute atomic E-state index is 0.226. The number of aromatic amines is 1. The van der Waals surface area contributed by atoms with Crippen LogP contribution < -0.4 is 5.32 Å². The number of benzene rings is 2. The van der Waals surface area contributed by atoms with Crippen LogP contribution in [0.4, 0.5) is 4.79 Å². The average molecular weight is 476 g/mol. The van der Waals surface area contributed by atoms with Crippen LogP contribution in [0.1, 0.15) is 51.1 Å². The number of imidazole rings is 1. The molecule has 0 unspecified atom stereocenters. The van der Waals surface area contributed by atoms with Crippen LogP contribution in [0.25, 0.3) is 22.5 Å². The SMILES string of the molecule is C[C@]1(COC(=O)NC2CCCCC2)CO[C@@H](c2nc(-c3ccccc3)c(-c3ccccc3)[nH]2)OC1. The summed E-state index contributed by atoms with van der Waals surface area (Å²) in [7, 11) is 0. The molecule has 1 aliphatic carbocycles. The molecule has 35 heavy (non-hydrogen) atoms. The van der Waals surface area contributed by atoms with Gasteiger partial charge < -0.3 is 24.5 Å². The Balaban J connectivity index is 1.23. The maximum Gasteiger partial charge on any atom is 0.407 e. The van der Waals surface area contributed by atoms with Crippen molar-refractivity contribution < 1.29 is 19.0 Å². The Kier molecular flexibility index (Phi) is 7.16. The van der Waals surface area contributed by atoms with Gasteiger partial charge in [0, 0.05) is 22.6 Å². The molecule has 2 fully saturated rings. The van der Waals surface area contributed by atoms with Crippen LogP contribution in [0.3, 0.4) is 0 Å². The molecule has 1 aliphatic heterocycles. The van der Waals surface area contributed by atoms with E-state index in [0.717, 1.165) is 48.2 Å². The van der Waals surface area contributed by atoms with Gasteiger partial charge in [-0.05, 0) is 12.8 Å². The fraction of sp³-hybridized carbons (Fsp3) is 0.429. The predicted molar refractivity (Wildman–Crippen MR) is 134 cm³/mol. The van der Waals surface area contributed by atoms with Crippen molar-refractivity contribution >= 4 is 6.09 Å². The van der Waals surface area contributed by atoms with Gasteiger partial charge in [-0.2, -0.15) is 0 Å². The minimum atomic E-state index is -0.612. The summed E-state index contributed by atoms with van der Waals surface area (Å²) in [5.41, 5.74) is 3.43.